The Hall–Kier alpha value is -1.56. The average Bonchev–Trinajstić information content (AvgIpc) is 2.45. The second-order valence-corrected chi connectivity index (χ2v) is 5.79. The molecule has 1 rings (SSSR count). The molecule has 0 aliphatic carbocycles. The summed E-state index contributed by atoms with van der Waals surface area (Å²) in [5, 5.41) is 11.6. The summed E-state index contributed by atoms with van der Waals surface area (Å²) >= 11 is 1.27. The first-order valence-corrected chi connectivity index (χ1v) is 7.90. The van der Waals surface area contributed by atoms with Crippen LogP contribution in [-0.4, -0.2) is 29.3 Å². The number of nitrogens with one attached hydrogen (secondary N) is 1. The smallest absolute Gasteiger partial charge is 0.308 e. The van der Waals surface area contributed by atoms with Crippen molar-refractivity contribution in [3.05, 3.63) is 30.1 Å². The fourth-order valence-electron chi connectivity index (χ4n) is 1.80. The van der Waals surface area contributed by atoms with Gasteiger partial charge in [0.25, 0.3) is 0 Å². The average molecular weight is 313 g/mol. The van der Waals surface area contributed by atoms with Crippen molar-refractivity contribution in [2.24, 2.45) is 5.92 Å². The number of aliphatic carboxylic acids is 1. The SMILES string of the molecule is CCCC(CNC(=O)CCSc1ccccc1F)C(=O)O. The van der Waals surface area contributed by atoms with E-state index in [1.54, 1.807) is 18.2 Å². The third-order valence-electron chi connectivity index (χ3n) is 2.96. The molecule has 1 aromatic rings. The first-order chi connectivity index (χ1) is 10.0. The molecule has 0 saturated heterocycles. The molecule has 4 nitrogen and oxygen atoms in total. The molecule has 116 valence electrons. The molecule has 2 N–H and O–H groups in total. The standard InChI is InChI=1S/C15H20FNO3S/c1-2-5-11(15(19)20)10-17-14(18)8-9-21-13-7-4-3-6-12(13)16/h3-4,6-7,11H,2,5,8-10H2,1H3,(H,17,18)(H,19,20). The first-order valence-electron chi connectivity index (χ1n) is 6.91. The second-order valence-electron chi connectivity index (χ2n) is 4.66. The third kappa shape index (κ3) is 6.62. The van der Waals surface area contributed by atoms with Crippen LogP contribution < -0.4 is 5.32 Å². The summed E-state index contributed by atoms with van der Waals surface area (Å²) < 4.78 is 13.4. The predicted octanol–water partition coefficient (Wildman–Crippen LogP) is 2.93. The Balaban J connectivity index is 2.28. The molecule has 0 bridgehead atoms. The van der Waals surface area contributed by atoms with Gasteiger partial charge in [0.1, 0.15) is 5.82 Å². The number of carbonyl (C=O) groups is 2. The largest absolute Gasteiger partial charge is 0.481 e. The highest BCUT2D eigenvalue weighted by molar-refractivity contribution is 7.99. The van der Waals surface area contributed by atoms with Crippen molar-refractivity contribution in [2.45, 2.75) is 31.1 Å². The topological polar surface area (TPSA) is 66.4 Å². The maximum atomic E-state index is 13.4. The summed E-state index contributed by atoms with van der Waals surface area (Å²) in [6, 6.07) is 6.41. The summed E-state index contributed by atoms with van der Waals surface area (Å²) in [6.07, 6.45) is 1.53. The van der Waals surface area contributed by atoms with Gasteiger partial charge in [-0.25, -0.2) is 4.39 Å². The van der Waals surface area contributed by atoms with Crippen LogP contribution in [0.5, 0.6) is 0 Å². The van der Waals surface area contributed by atoms with Crippen molar-refractivity contribution in [3.8, 4) is 0 Å². The van der Waals surface area contributed by atoms with Crippen LogP contribution in [0.3, 0.4) is 0 Å². The molecular formula is C15H20FNO3S. The van der Waals surface area contributed by atoms with Crippen LogP contribution in [0, 0.1) is 11.7 Å². The normalized spacial score (nSPS) is 11.9. The summed E-state index contributed by atoms with van der Waals surface area (Å²) in [5.41, 5.74) is 0. The van der Waals surface area contributed by atoms with Gasteiger partial charge in [0, 0.05) is 23.6 Å². The van der Waals surface area contributed by atoms with Gasteiger partial charge in [-0.2, -0.15) is 0 Å². The van der Waals surface area contributed by atoms with E-state index in [1.807, 2.05) is 6.92 Å². The molecule has 0 aliphatic heterocycles. The maximum absolute atomic E-state index is 13.4. The van der Waals surface area contributed by atoms with Crippen molar-refractivity contribution in [3.63, 3.8) is 0 Å². The molecule has 1 unspecified atom stereocenters. The van der Waals surface area contributed by atoms with Crippen molar-refractivity contribution < 1.29 is 19.1 Å². The molecule has 1 atom stereocenters. The minimum absolute atomic E-state index is 0.145. The third-order valence-corrected chi connectivity index (χ3v) is 4.01. The van der Waals surface area contributed by atoms with Gasteiger partial charge in [-0.1, -0.05) is 25.5 Å². The summed E-state index contributed by atoms with van der Waals surface area (Å²) in [6.45, 7) is 2.05. The predicted molar refractivity (Wildman–Crippen MR) is 80.8 cm³/mol. The van der Waals surface area contributed by atoms with Crippen LogP contribution >= 0.6 is 11.8 Å². The van der Waals surface area contributed by atoms with Gasteiger partial charge in [0.05, 0.1) is 5.92 Å². The van der Waals surface area contributed by atoms with Gasteiger partial charge in [-0.15, -0.1) is 11.8 Å². The lowest BCUT2D eigenvalue weighted by molar-refractivity contribution is -0.141. The number of hydrogen-bond acceptors (Lipinski definition) is 3. The van der Waals surface area contributed by atoms with E-state index < -0.39 is 11.9 Å². The molecule has 1 aromatic carbocycles. The lowest BCUT2D eigenvalue weighted by Gasteiger charge is -2.12. The molecule has 0 heterocycles. The number of halogens is 1. The number of carboxylic acid groups (broad SMARTS) is 1. The number of thioether (sulfide) groups is 1. The number of rotatable bonds is 9. The lowest BCUT2D eigenvalue weighted by Crippen LogP contribution is -2.33. The molecule has 0 radical (unpaired) electrons. The molecule has 0 saturated carbocycles. The highest BCUT2D eigenvalue weighted by Crippen LogP contribution is 2.21. The van der Waals surface area contributed by atoms with Crippen LogP contribution in [0.2, 0.25) is 0 Å². The fourth-order valence-corrected chi connectivity index (χ4v) is 2.69. The van der Waals surface area contributed by atoms with Gasteiger partial charge in [-0.05, 0) is 18.6 Å². The zero-order chi connectivity index (χ0) is 15.7. The van der Waals surface area contributed by atoms with Gasteiger partial charge in [-0.3, -0.25) is 9.59 Å². The molecule has 0 fully saturated rings. The Kier molecular flexibility index (Phi) is 7.82. The Bertz CT molecular complexity index is 482. The summed E-state index contributed by atoms with van der Waals surface area (Å²) in [5.74, 6) is -1.48. The minimum atomic E-state index is -0.891. The lowest BCUT2D eigenvalue weighted by atomic mass is 10.0. The van der Waals surface area contributed by atoms with E-state index in [0.717, 1.165) is 6.42 Å². The van der Waals surface area contributed by atoms with E-state index in [2.05, 4.69) is 5.32 Å². The molecule has 6 heteroatoms. The van der Waals surface area contributed by atoms with Gasteiger partial charge in [0.2, 0.25) is 5.91 Å². The zero-order valence-electron chi connectivity index (χ0n) is 12.0. The summed E-state index contributed by atoms with van der Waals surface area (Å²) in [7, 11) is 0. The number of amides is 1. The van der Waals surface area contributed by atoms with E-state index in [-0.39, 0.29) is 24.7 Å². The Morgan fingerprint density at radius 1 is 1.38 bits per heavy atom. The number of carboxylic acids is 1. The van der Waals surface area contributed by atoms with Crippen molar-refractivity contribution >= 4 is 23.6 Å². The number of benzene rings is 1. The highest BCUT2D eigenvalue weighted by Gasteiger charge is 2.17. The molecule has 0 aliphatic rings. The molecular weight excluding hydrogens is 293 g/mol. The van der Waals surface area contributed by atoms with E-state index in [9.17, 15) is 14.0 Å². The van der Waals surface area contributed by atoms with E-state index in [0.29, 0.717) is 17.1 Å². The molecule has 21 heavy (non-hydrogen) atoms. The van der Waals surface area contributed by atoms with E-state index in [1.165, 1.54) is 17.8 Å². The fraction of sp³-hybridized carbons (Fsp3) is 0.467. The monoisotopic (exact) mass is 313 g/mol. The first kappa shape index (κ1) is 17.5. The van der Waals surface area contributed by atoms with Crippen LogP contribution in [0.15, 0.2) is 29.2 Å². The van der Waals surface area contributed by atoms with E-state index >= 15 is 0 Å². The van der Waals surface area contributed by atoms with Crippen molar-refractivity contribution in [1.82, 2.24) is 5.32 Å². The number of carbonyl (C=O) groups excluding carboxylic acids is 1. The minimum Gasteiger partial charge on any atom is -0.481 e. The number of hydrogen-bond donors (Lipinski definition) is 2. The van der Waals surface area contributed by atoms with Gasteiger partial charge < -0.3 is 10.4 Å². The summed E-state index contributed by atoms with van der Waals surface area (Å²) in [4.78, 5) is 23.1. The zero-order valence-corrected chi connectivity index (χ0v) is 12.8. The Morgan fingerprint density at radius 2 is 2.10 bits per heavy atom. The molecule has 1 amide bonds. The second kappa shape index (κ2) is 9.39. The van der Waals surface area contributed by atoms with Crippen molar-refractivity contribution in [1.29, 1.82) is 0 Å². The van der Waals surface area contributed by atoms with E-state index in [4.69, 9.17) is 5.11 Å². The van der Waals surface area contributed by atoms with Crippen LogP contribution in [0.4, 0.5) is 4.39 Å². The molecule has 0 spiro atoms. The van der Waals surface area contributed by atoms with Gasteiger partial charge >= 0.3 is 5.97 Å². The maximum Gasteiger partial charge on any atom is 0.308 e. The van der Waals surface area contributed by atoms with Crippen LogP contribution in [-0.2, 0) is 9.59 Å². The quantitative estimate of drug-likeness (QED) is 0.688. The van der Waals surface area contributed by atoms with Gasteiger partial charge in [0.15, 0.2) is 0 Å². The van der Waals surface area contributed by atoms with Crippen molar-refractivity contribution in [2.75, 3.05) is 12.3 Å². The Morgan fingerprint density at radius 3 is 2.71 bits per heavy atom. The highest BCUT2D eigenvalue weighted by atomic mass is 32.2. The van der Waals surface area contributed by atoms with Crippen LogP contribution in [0.1, 0.15) is 26.2 Å². The Labute approximate surface area is 128 Å². The van der Waals surface area contributed by atoms with Crippen LogP contribution in [0.25, 0.3) is 0 Å². The molecule has 0 aromatic heterocycles.